The molecule has 1 atom stereocenters. The van der Waals surface area contributed by atoms with Crippen molar-refractivity contribution < 1.29 is 19.5 Å². The molecule has 2 rings (SSSR count). The van der Waals surface area contributed by atoms with E-state index in [1.165, 1.54) is 0 Å². The normalized spacial score (nSPS) is 19.4. The van der Waals surface area contributed by atoms with Gasteiger partial charge in [-0.3, -0.25) is 9.59 Å². The number of anilines is 1. The highest BCUT2D eigenvalue weighted by molar-refractivity contribution is 7.15. The lowest BCUT2D eigenvalue weighted by Gasteiger charge is -2.34. The summed E-state index contributed by atoms with van der Waals surface area (Å²) in [7, 11) is 0. The molecule has 2 N–H and O–H groups in total. The van der Waals surface area contributed by atoms with E-state index in [2.05, 4.69) is 24.1 Å². The Hall–Kier alpha value is -2.33. The van der Waals surface area contributed by atoms with Gasteiger partial charge in [-0.25, -0.2) is 4.79 Å². The van der Waals surface area contributed by atoms with Crippen LogP contribution < -0.4 is 10.2 Å². The molecule has 1 aromatic rings. The van der Waals surface area contributed by atoms with Gasteiger partial charge in [-0.2, -0.15) is 0 Å². The number of carboxylic acid groups (broad SMARTS) is 1. The molecule has 32 heavy (non-hydrogen) atoms. The maximum absolute atomic E-state index is 13.7. The fourth-order valence-electron chi connectivity index (χ4n) is 3.93. The van der Waals surface area contributed by atoms with Crippen molar-refractivity contribution in [1.29, 1.82) is 0 Å². The number of thiophene rings is 1. The average molecular weight is 461 g/mol. The summed E-state index contributed by atoms with van der Waals surface area (Å²) in [6.45, 7) is 12.3. The molecule has 2 amide bonds. The second-order valence-electron chi connectivity index (χ2n) is 9.80. The molecule has 6 nitrogen and oxygen atoms in total. The molecule has 1 aliphatic carbocycles. The van der Waals surface area contributed by atoms with Crippen molar-refractivity contribution in [1.82, 2.24) is 5.32 Å². The molecule has 0 aromatic carbocycles. The van der Waals surface area contributed by atoms with Crippen LogP contribution in [0.4, 0.5) is 5.69 Å². The van der Waals surface area contributed by atoms with Crippen molar-refractivity contribution in [3.63, 3.8) is 0 Å². The molecule has 0 spiro atoms. The fraction of sp³-hybridized carbons (Fsp3) is 0.640. The molecule has 0 aliphatic heterocycles. The number of carbonyl (C=O) groups excluding carboxylic acids is 2. The Morgan fingerprint density at radius 2 is 1.88 bits per heavy atom. The molecule has 0 unspecified atom stereocenters. The Morgan fingerprint density at radius 3 is 2.41 bits per heavy atom. The summed E-state index contributed by atoms with van der Waals surface area (Å²) < 4.78 is 0. The van der Waals surface area contributed by atoms with Crippen molar-refractivity contribution in [2.45, 2.75) is 79.7 Å². The Morgan fingerprint density at radius 1 is 1.25 bits per heavy atom. The lowest BCUT2D eigenvalue weighted by atomic mass is 9.82. The number of amides is 2. The number of carboxylic acids is 1. The van der Waals surface area contributed by atoms with E-state index in [0.717, 1.165) is 37.0 Å². The fourth-order valence-corrected chi connectivity index (χ4v) is 4.77. The lowest BCUT2D eigenvalue weighted by Crippen LogP contribution is -2.45. The topological polar surface area (TPSA) is 86.7 Å². The SMILES string of the molecule is CCNC(=O)C[C@H](C)N(C(=O)C1CCC(C)CC1)c1cc(C#CC(C)(C)C)sc1C(=O)O. The predicted octanol–water partition coefficient (Wildman–Crippen LogP) is 4.92. The summed E-state index contributed by atoms with van der Waals surface area (Å²) in [5.74, 6) is 5.29. The Kier molecular flexibility index (Phi) is 8.91. The Labute approximate surface area is 195 Å². The largest absolute Gasteiger partial charge is 0.477 e. The second kappa shape index (κ2) is 11.0. The van der Waals surface area contributed by atoms with Gasteiger partial charge >= 0.3 is 5.97 Å². The Balaban J connectivity index is 2.48. The van der Waals surface area contributed by atoms with E-state index < -0.39 is 12.0 Å². The van der Waals surface area contributed by atoms with Crippen LogP contribution in [0.5, 0.6) is 0 Å². The molecular formula is C25H36N2O4S. The van der Waals surface area contributed by atoms with Crippen LogP contribution in [0.2, 0.25) is 0 Å². The van der Waals surface area contributed by atoms with Crippen molar-refractivity contribution in [2.24, 2.45) is 17.3 Å². The van der Waals surface area contributed by atoms with Crippen molar-refractivity contribution >= 4 is 34.8 Å². The molecule has 1 heterocycles. The number of nitrogens with one attached hydrogen (secondary N) is 1. The molecule has 7 heteroatoms. The van der Waals surface area contributed by atoms with Crippen molar-refractivity contribution in [2.75, 3.05) is 11.4 Å². The molecule has 0 bridgehead atoms. The monoisotopic (exact) mass is 460 g/mol. The Bertz CT molecular complexity index is 895. The van der Waals surface area contributed by atoms with E-state index in [4.69, 9.17) is 0 Å². The standard InChI is InChI=1S/C25H36N2O4S/c1-7-26-21(28)14-17(3)27(23(29)18-10-8-16(2)9-11-18)20-15-19(12-13-25(4,5)6)32-22(20)24(30)31/h15-18H,7-11,14H2,1-6H3,(H,26,28)(H,30,31)/t16?,17-,18?/m0/s1. The van der Waals surface area contributed by atoms with E-state index in [9.17, 15) is 19.5 Å². The number of nitrogens with zero attached hydrogens (tertiary/aromatic N) is 1. The lowest BCUT2D eigenvalue weighted by molar-refractivity contribution is -0.124. The van der Waals surface area contributed by atoms with E-state index in [1.807, 2.05) is 34.6 Å². The highest BCUT2D eigenvalue weighted by Crippen LogP contribution is 2.36. The zero-order valence-corrected chi connectivity index (χ0v) is 20.9. The van der Waals surface area contributed by atoms with Gasteiger partial charge in [0.1, 0.15) is 4.88 Å². The number of hydrogen-bond acceptors (Lipinski definition) is 4. The molecular weight excluding hydrogens is 424 g/mol. The minimum Gasteiger partial charge on any atom is -0.477 e. The summed E-state index contributed by atoms with van der Waals surface area (Å²) >= 11 is 1.08. The number of aromatic carboxylic acids is 1. The van der Waals surface area contributed by atoms with Gasteiger partial charge in [-0.15, -0.1) is 11.3 Å². The number of carbonyl (C=O) groups is 3. The van der Waals surface area contributed by atoms with Gasteiger partial charge in [0.15, 0.2) is 0 Å². The third-order valence-electron chi connectivity index (χ3n) is 5.63. The van der Waals surface area contributed by atoms with Gasteiger partial charge in [-0.1, -0.05) is 18.8 Å². The maximum Gasteiger partial charge on any atom is 0.348 e. The summed E-state index contributed by atoms with van der Waals surface area (Å²) in [6, 6.07) is 1.23. The van der Waals surface area contributed by atoms with Crippen LogP contribution >= 0.6 is 11.3 Å². The third kappa shape index (κ3) is 7.09. The van der Waals surface area contributed by atoms with Crippen LogP contribution in [0, 0.1) is 29.1 Å². The first-order chi connectivity index (χ1) is 14.9. The van der Waals surface area contributed by atoms with Crippen LogP contribution in [-0.2, 0) is 9.59 Å². The van der Waals surface area contributed by atoms with Gasteiger partial charge in [0, 0.05) is 30.3 Å². The summed E-state index contributed by atoms with van der Waals surface area (Å²) in [4.78, 5) is 40.3. The molecule has 176 valence electrons. The first-order valence-corrected chi connectivity index (χ1v) is 12.2. The van der Waals surface area contributed by atoms with Crippen LogP contribution in [0.3, 0.4) is 0 Å². The predicted molar refractivity (Wildman–Crippen MR) is 129 cm³/mol. The average Bonchev–Trinajstić information content (AvgIpc) is 3.11. The third-order valence-corrected chi connectivity index (χ3v) is 6.65. The van der Waals surface area contributed by atoms with Crippen LogP contribution in [0.15, 0.2) is 6.07 Å². The summed E-state index contributed by atoms with van der Waals surface area (Å²) in [5, 5.41) is 12.6. The zero-order valence-electron chi connectivity index (χ0n) is 20.1. The van der Waals surface area contributed by atoms with Gasteiger partial charge < -0.3 is 15.3 Å². The molecule has 1 aliphatic rings. The highest BCUT2D eigenvalue weighted by atomic mass is 32.1. The first-order valence-electron chi connectivity index (χ1n) is 11.4. The molecule has 0 radical (unpaired) electrons. The molecule has 1 aromatic heterocycles. The van der Waals surface area contributed by atoms with E-state index in [1.54, 1.807) is 11.0 Å². The molecule has 1 saturated carbocycles. The minimum atomic E-state index is -1.09. The van der Waals surface area contributed by atoms with Crippen LogP contribution in [-0.4, -0.2) is 35.5 Å². The van der Waals surface area contributed by atoms with Gasteiger partial charge in [0.25, 0.3) is 0 Å². The number of rotatable bonds is 7. The first kappa shape index (κ1) is 25.9. The van der Waals surface area contributed by atoms with Gasteiger partial charge in [0.05, 0.1) is 10.6 Å². The smallest absolute Gasteiger partial charge is 0.348 e. The quantitative estimate of drug-likeness (QED) is 0.566. The maximum atomic E-state index is 13.7. The highest BCUT2D eigenvalue weighted by Gasteiger charge is 2.35. The molecule has 0 saturated heterocycles. The van der Waals surface area contributed by atoms with E-state index in [-0.39, 0.29) is 34.4 Å². The molecule has 1 fully saturated rings. The minimum absolute atomic E-state index is 0.0866. The van der Waals surface area contributed by atoms with Crippen LogP contribution in [0.1, 0.15) is 88.2 Å². The van der Waals surface area contributed by atoms with E-state index >= 15 is 0 Å². The zero-order chi connectivity index (χ0) is 24.1. The van der Waals surface area contributed by atoms with Crippen molar-refractivity contribution in [3.05, 3.63) is 15.8 Å². The van der Waals surface area contributed by atoms with E-state index in [0.29, 0.717) is 23.0 Å². The summed E-state index contributed by atoms with van der Waals surface area (Å²) in [5.41, 5.74) is 0.119. The van der Waals surface area contributed by atoms with Crippen molar-refractivity contribution in [3.8, 4) is 11.8 Å². The number of hydrogen-bond donors (Lipinski definition) is 2. The summed E-state index contributed by atoms with van der Waals surface area (Å²) in [6.07, 6.45) is 3.64. The van der Waals surface area contributed by atoms with Gasteiger partial charge in [0.2, 0.25) is 11.8 Å². The van der Waals surface area contributed by atoms with Gasteiger partial charge in [-0.05, 0) is 72.3 Å². The van der Waals surface area contributed by atoms with Crippen LogP contribution in [0.25, 0.3) is 0 Å². The second-order valence-corrected chi connectivity index (χ2v) is 10.9.